The van der Waals surface area contributed by atoms with Gasteiger partial charge >= 0.3 is 6.18 Å². The monoisotopic (exact) mass is 277 g/mol. The van der Waals surface area contributed by atoms with Crippen molar-refractivity contribution in [2.45, 2.75) is 12.3 Å². The third-order valence-electron chi connectivity index (χ3n) is 2.24. The number of hydrogen-bond acceptors (Lipinski definition) is 3. The second kappa shape index (κ2) is 6.33. The minimum atomic E-state index is -4.63. The molecule has 0 saturated heterocycles. The molecule has 19 heavy (non-hydrogen) atoms. The summed E-state index contributed by atoms with van der Waals surface area (Å²) in [5.74, 6) is -0.721. The first-order valence-electron chi connectivity index (χ1n) is 5.17. The molecule has 0 aliphatic rings. The van der Waals surface area contributed by atoms with Gasteiger partial charge < -0.3 is 9.94 Å². The minimum Gasteiger partial charge on any atom is -0.411 e. The quantitative estimate of drug-likeness (QED) is 0.295. The van der Waals surface area contributed by atoms with E-state index in [1.165, 1.54) is 18.2 Å². The van der Waals surface area contributed by atoms with Crippen molar-refractivity contribution in [2.75, 3.05) is 6.61 Å². The third-order valence-corrected chi connectivity index (χ3v) is 2.24. The van der Waals surface area contributed by atoms with Crippen LogP contribution in [0.2, 0.25) is 0 Å². The number of ether oxygens (including phenoxy) is 1. The Morgan fingerprint density at radius 2 is 2.05 bits per heavy atom. The lowest BCUT2D eigenvalue weighted by Crippen LogP contribution is -2.31. The molecular formula is C12H11F4NO2. The number of hydrogen-bond donors (Lipinski definition) is 1. The van der Waals surface area contributed by atoms with E-state index in [2.05, 4.69) is 16.5 Å². The highest BCUT2D eigenvalue weighted by molar-refractivity contribution is 6.01. The van der Waals surface area contributed by atoms with Gasteiger partial charge in [0.05, 0.1) is 6.61 Å². The van der Waals surface area contributed by atoms with Crippen LogP contribution < -0.4 is 0 Å². The predicted octanol–water partition coefficient (Wildman–Crippen LogP) is 3.14. The zero-order valence-corrected chi connectivity index (χ0v) is 9.69. The van der Waals surface area contributed by atoms with E-state index in [1.807, 2.05) is 0 Å². The molecule has 0 amide bonds. The molecule has 0 spiro atoms. The Labute approximate surface area is 106 Å². The number of rotatable bonds is 5. The summed E-state index contributed by atoms with van der Waals surface area (Å²) >= 11 is 0. The minimum absolute atomic E-state index is 0.130. The maximum Gasteiger partial charge on any atom is 0.418 e. The molecule has 1 N–H and O–H groups in total. The zero-order valence-electron chi connectivity index (χ0n) is 9.69. The highest BCUT2D eigenvalue weighted by Crippen LogP contribution is 2.23. The molecule has 1 rings (SSSR count). The molecule has 0 heterocycles. The number of benzene rings is 1. The van der Waals surface area contributed by atoms with Crippen molar-refractivity contribution in [3.05, 3.63) is 48.3 Å². The Morgan fingerprint density at radius 1 is 1.42 bits per heavy atom. The lowest BCUT2D eigenvalue weighted by atomic mass is 10.1. The summed E-state index contributed by atoms with van der Waals surface area (Å²) < 4.78 is 55.0. The molecule has 7 heteroatoms. The average Bonchev–Trinajstić information content (AvgIpc) is 2.34. The number of halogens is 4. The number of oxime groups is 1. The SMILES string of the molecule is C=CC(OC/C(=N\O)c1ccccc1F)C(F)(F)F. The van der Waals surface area contributed by atoms with Gasteiger partial charge in [-0.25, -0.2) is 4.39 Å². The van der Waals surface area contributed by atoms with E-state index in [0.29, 0.717) is 6.08 Å². The van der Waals surface area contributed by atoms with Crippen LogP contribution in [0.25, 0.3) is 0 Å². The van der Waals surface area contributed by atoms with Gasteiger partial charge in [0.25, 0.3) is 0 Å². The molecule has 1 aromatic rings. The summed E-state index contributed by atoms with van der Waals surface area (Å²) in [6.45, 7) is 2.30. The Kier molecular flexibility index (Phi) is 5.05. The first-order chi connectivity index (χ1) is 8.90. The van der Waals surface area contributed by atoms with Crippen LogP contribution in [0.5, 0.6) is 0 Å². The smallest absolute Gasteiger partial charge is 0.411 e. The summed E-state index contributed by atoms with van der Waals surface area (Å²) in [6, 6.07) is 5.22. The zero-order chi connectivity index (χ0) is 14.5. The van der Waals surface area contributed by atoms with Crippen LogP contribution in [0.3, 0.4) is 0 Å². The van der Waals surface area contributed by atoms with E-state index in [0.717, 1.165) is 6.07 Å². The van der Waals surface area contributed by atoms with Crippen molar-refractivity contribution < 1.29 is 27.5 Å². The Hall–Kier alpha value is -1.89. The highest BCUT2D eigenvalue weighted by atomic mass is 19.4. The molecule has 3 nitrogen and oxygen atoms in total. The molecule has 0 aliphatic heterocycles. The predicted molar refractivity (Wildman–Crippen MR) is 60.7 cm³/mol. The maximum absolute atomic E-state index is 13.4. The molecular weight excluding hydrogens is 266 g/mol. The van der Waals surface area contributed by atoms with Gasteiger partial charge in [-0.3, -0.25) is 0 Å². The summed E-state index contributed by atoms with van der Waals surface area (Å²) in [5, 5.41) is 11.5. The van der Waals surface area contributed by atoms with Crippen LogP contribution >= 0.6 is 0 Å². The molecule has 1 unspecified atom stereocenters. The lowest BCUT2D eigenvalue weighted by molar-refractivity contribution is -0.199. The van der Waals surface area contributed by atoms with E-state index in [9.17, 15) is 17.6 Å². The maximum atomic E-state index is 13.4. The first kappa shape index (κ1) is 15.2. The highest BCUT2D eigenvalue weighted by Gasteiger charge is 2.38. The summed E-state index contributed by atoms with van der Waals surface area (Å²) in [4.78, 5) is 0. The number of alkyl halides is 3. The van der Waals surface area contributed by atoms with Gasteiger partial charge in [-0.2, -0.15) is 13.2 Å². The fourth-order valence-electron chi connectivity index (χ4n) is 1.32. The van der Waals surface area contributed by atoms with E-state index < -0.39 is 24.7 Å². The lowest BCUT2D eigenvalue weighted by Gasteiger charge is -2.17. The van der Waals surface area contributed by atoms with Gasteiger partial charge in [-0.15, -0.1) is 6.58 Å². The van der Waals surface area contributed by atoms with E-state index in [1.54, 1.807) is 0 Å². The standard InChI is InChI=1S/C12H11F4NO2/c1-2-11(12(14,15)16)19-7-10(17-18)8-5-3-4-6-9(8)13/h2-6,11,18H,1,7H2/b17-10+. The van der Waals surface area contributed by atoms with Crippen LogP contribution in [-0.2, 0) is 4.74 Å². The summed E-state index contributed by atoms with van der Waals surface area (Å²) in [6.07, 6.45) is -6.27. The molecule has 0 saturated carbocycles. The Balaban J connectivity index is 2.80. The van der Waals surface area contributed by atoms with E-state index >= 15 is 0 Å². The van der Waals surface area contributed by atoms with Crippen molar-refractivity contribution >= 4 is 5.71 Å². The van der Waals surface area contributed by atoms with Gasteiger partial charge in [0.1, 0.15) is 11.5 Å². The fraction of sp³-hybridized carbons (Fsp3) is 0.250. The molecule has 0 radical (unpaired) electrons. The largest absolute Gasteiger partial charge is 0.418 e. The molecule has 0 fully saturated rings. The normalized spacial score (nSPS) is 14.2. The van der Waals surface area contributed by atoms with Gasteiger partial charge in [0, 0.05) is 5.56 Å². The van der Waals surface area contributed by atoms with Crippen LogP contribution in [0, 0.1) is 5.82 Å². The fourth-order valence-corrected chi connectivity index (χ4v) is 1.32. The molecule has 0 aliphatic carbocycles. The van der Waals surface area contributed by atoms with Crippen LogP contribution in [0.4, 0.5) is 17.6 Å². The number of nitrogens with zero attached hydrogens (tertiary/aromatic N) is 1. The van der Waals surface area contributed by atoms with Gasteiger partial charge in [0.15, 0.2) is 6.10 Å². The first-order valence-corrected chi connectivity index (χ1v) is 5.17. The van der Waals surface area contributed by atoms with E-state index in [4.69, 9.17) is 5.21 Å². The Morgan fingerprint density at radius 3 is 2.53 bits per heavy atom. The second-order valence-electron chi connectivity index (χ2n) is 3.54. The van der Waals surface area contributed by atoms with Crippen LogP contribution in [0.15, 0.2) is 42.1 Å². The average molecular weight is 277 g/mol. The Bertz CT molecular complexity index is 471. The molecule has 0 aromatic heterocycles. The summed E-state index contributed by atoms with van der Waals surface area (Å²) in [7, 11) is 0. The third kappa shape index (κ3) is 4.06. The van der Waals surface area contributed by atoms with Gasteiger partial charge in [-0.1, -0.05) is 23.4 Å². The molecule has 104 valence electrons. The van der Waals surface area contributed by atoms with Crippen LogP contribution in [-0.4, -0.2) is 29.8 Å². The van der Waals surface area contributed by atoms with Crippen molar-refractivity contribution in [3.8, 4) is 0 Å². The van der Waals surface area contributed by atoms with Gasteiger partial charge in [-0.05, 0) is 12.1 Å². The van der Waals surface area contributed by atoms with Crippen molar-refractivity contribution in [1.82, 2.24) is 0 Å². The van der Waals surface area contributed by atoms with Crippen LogP contribution in [0.1, 0.15) is 5.56 Å². The van der Waals surface area contributed by atoms with Crippen molar-refractivity contribution in [1.29, 1.82) is 0 Å². The molecule has 1 atom stereocenters. The topological polar surface area (TPSA) is 41.8 Å². The van der Waals surface area contributed by atoms with E-state index in [-0.39, 0.29) is 11.3 Å². The van der Waals surface area contributed by atoms with Gasteiger partial charge in [0.2, 0.25) is 0 Å². The molecule has 0 bridgehead atoms. The summed E-state index contributed by atoms with van der Waals surface area (Å²) in [5.41, 5.74) is -0.468. The van der Waals surface area contributed by atoms with Crippen molar-refractivity contribution in [2.24, 2.45) is 5.16 Å². The molecule has 1 aromatic carbocycles. The van der Waals surface area contributed by atoms with Crippen molar-refractivity contribution in [3.63, 3.8) is 0 Å². The second-order valence-corrected chi connectivity index (χ2v) is 3.54.